The van der Waals surface area contributed by atoms with E-state index >= 15 is 0 Å². The van der Waals surface area contributed by atoms with Gasteiger partial charge in [0.15, 0.2) is 0 Å². The number of carbonyl (C=O) groups excluding carboxylic acids is 3. The van der Waals surface area contributed by atoms with Crippen molar-refractivity contribution in [3.05, 3.63) is 75.9 Å². The summed E-state index contributed by atoms with van der Waals surface area (Å²) in [5.41, 5.74) is -2.05. The summed E-state index contributed by atoms with van der Waals surface area (Å²) in [6.07, 6.45) is -2.35. The number of nitrogens with zero attached hydrogens (tertiary/aromatic N) is 5. The van der Waals surface area contributed by atoms with Gasteiger partial charge in [-0.25, -0.2) is 9.67 Å². The molecule has 4 rings (SSSR count). The van der Waals surface area contributed by atoms with E-state index in [1.54, 1.807) is 0 Å². The van der Waals surface area contributed by atoms with Crippen LogP contribution in [-0.2, 0) is 11.0 Å². The number of imide groups is 1. The van der Waals surface area contributed by atoms with Crippen LogP contribution < -0.4 is 5.32 Å². The lowest BCUT2D eigenvalue weighted by Crippen LogP contribution is -2.37. The van der Waals surface area contributed by atoms with Crippen LogP contribution in [0, 0.1) is 10.1 Å². The van der Waals surface area contributed by atoms with Gasteiger partial charge in [0.2, 0.25) is 5.91 Å². The topological polar surface area (TPSA) is 140 Å². The number of rotatable bonds is 5. The number of nitrogens with one attached hydrogen (secondary N) is 1. The Morgan fingerprint density at radius 1 is 1.09 bits per heavy atom. The maximum absolute atomic E-state index is 13.2. The predicted molar refractivity (Wildman–Crippen MR) is 103 cm³/mol. The third-order valence-electron chi connectivity index (χ3n) is 4.73. The first-order chi connectivity index (χ1) is 15.6. The summed E-state index contributed by atoms with van der Waals surface area (Å²) in [6.45, 7) is -0.826. The van der Waals surface area contributed by atoms with Gasteiger partial charge < -0.3 is 5.32 Å². The number of nitro benzene ring substituents is 1. The molecular formula is C19H11F3N6O5. The molecule has 0 atom stereocenters. The van der Waals surface area contributed by atoms with Crippen LogP contribution in [0.15, 0.2) is 49.1 Å². The highest BCUT2D eigenvalue weighted by Crippen LogP contribution is 2.33. The van der Waals surface area contributed by atoms with E-state index in [4.69, 9.17) is 0 Å². The van der Waals surface area contributed by atoms with E-state index in [-0.39, 0.29) is 22.5 Å². The third kappa shape index (κ3) is 4.00. The van der Waals surface area contributed by atoms with Crippen molar-refractivity contribution in [2.75, 3.05) is 11.9 Å². The SMILES string of the molecule is O=C(CN1C(=O)c2ccc([N+](=O)[O-])cc2C1=O)Nc1cc(C(F)(F)F)ccc1-n1cncn1. The molecule has 1 aliphatic rings. The van der Waals surface area contributed by atoms with Gasteiger partial charge in [-0.05, 0) is 24.3 Å². The van der Waals surface area contributed by atoms with Crippen molar-refractivity contribution in [1.82, 2.24) is 19.7 Å². The number of fused-ring (bicyclic) bond motifs is 1. The van der Waals surface area contributed by atoms with Gasteiger partial charge in [-0.15, -0.1) is 0 Å². The molecule has 0 aliphatic carbocycles. The Balaban J connectivity index is 1.60. The monoisotopic (exact) mass is 460 g/mol. The lowest BCUT2D eigenvalue weighted by atomic mass is 10.1. The van der Waals surface area contributed by atoms with Crippen molar-refractivity contribution in [3.8, 4) is 5.69 Å². The highest BCUT2D eigenvalue weighted by Gasteiger charge is 2.38. The number of non-ortho nitro benzene ring substituents is 1. The van der Waals surface area contributed by atoms with E-state index < -0.39 is 46.6 Å². The second-order valence-corrected chi connectivity index (χ2v) is 6.80. The standard InChI is InChI=1S/C19H11F3N6O5/c20-19(21,22)10-1-4-15(27-9-23-8-24-27)14(5-10)25-16(29)7-26-17(30)12-3-2-11(28(32)33)6-13(12)18(26)31/h1-6,8-9H,7H2,(H,25,29). The number of amides is 3. The first-order valence-electron chi connectivity index (χ1n) is 9.07. The fraction of sp³-hybridized carbons (Fsp3) is 0.105. The average Bonchev–Trinajstić information content (AvgIpc) is 3.36. The molecule has 33 heavy (non-hydrogen) atoms. The highest BCUT2D eigenvalue weighted by atomic mass is 19.4. The normalized spacial score (nSPS) is 13.2. The number of hydrogen-bond acceptors (Lipinski definition) is 7. The summed E-state index contributed by atoms with van der Waals surface area (Å²) in [5, 5.41) is 17.0. The molecule has 3 aromatic rings. The molecule has 2 heterocycles. The molecule has 168 valence electrons. The summed E-state index contributed by atoms with van der Waals surface area (Å²) in [4.78, 5) is 52.0. The van der Waals surface area contributed by atoms with E-state index in [9.17, 15) is 37.7 Å². The number of halogens is 3. The van der Waals surface area contributed by atoms with Gasteiger partial charge in [0, 0.05) is 12.1 Å². The molecule has 11 nitrogen and oxygen atoms in total. The Morgan fingerprint density at radius 3 is 2.45 bits per heavy atom. The van der Waals surface area contributed by atoms with Crippen LogP contribution in [0.4, 0.5) is 24.5 Å². The fourth-order valence-corrected chi connectivity index (χ4v) is 3.21. The minimum atomic E-state index is -4.70. The molecule has 0 saturated carbocycles. The van der Waals surface area contributed by atoms with Crippen LogP contribution in [0.25, 0.3) is 5.69 Å². The summed E-state index contributed by atoms with van der Waals surface area (Å²) in [5.74, 6) is -2.77. The lowest BCUT2D eigenvalue weighted by molar-refractivity contribution is -0.384. The molecule has 0 radical (unpaired) electrons. The van der Waals surface area contributed by atoms with Gasteiger partial charge >= 0.3 is 6.18 Å². The Kier molecular flexibility index (Phi) is 5.12. The first-order valence-corrected chi connectivity index (χ1v) is 9.07. The first kappa shape index (κ1) is 21.6. The van der Waals surface area contributed by atoms with Crippen LogP contribution in [0.1, 0.15) is 26.3 Å². The Hall–Kier alpha value is -4.62. The zero-order chi connectivity index (χ0) is 23.9. The molecule has 0 bridgehead atoms. The Labute approximate surface area is 181 Å². The molecule has 1 aliphatic heterocycles. The molecule has 2 aromatic carbocycles. The van der Waals surface area contributed by atoms with Crippen molar-refractivity contribution in [2.24, 2.45) is 0 Å². The van der Waals surface area contributed by atoms with E-state index in [2.05, 4.69) is 15.4 Å². The number of carbonyl (C=O) groups is 3. The second-order valence-electron chi connectivity index (χ2n) is 6.80. The van der Waals surface area contributed by atoms with Gasteiger partial charge in [0.1, 0.15) is 19.2 Å². The highest BCUT2D eigenvalue weighted by molar-refractivity contribution is 6.23. The minimum absolute atomic E-state index is 0.0619. The van der Waals surface area contributed by atoms with Crippen molar-refractivity contribution < 1.29 is 32.5 Å². The number of aromatic nitrogens is 3. The molecule has 0 spiro atoms. The van der Waals surface area contributed by atoms with Gasteiger partial charge in [0.05, 0.1) is 33.0 Å². The van der Waals surface area contributed by atoms with Crippen LogP contribution >= 0.6 is 0 Å². The molecular weight excluding hydrogens is 449 g/mol. The van der Waals surface area contributed by atoms with Gasteiger partial charge in [-0.2, -0.15) is 18.3 Å². The van der Waals surface area contributed by atoms with Crippen molar-refractivity contribution in [2.45, 2.75) is 6.18 Å². The van der Waals surface area contributed by atoms with Crippen molar-refractivity contribution in [3.63, 3.8) is 0 Å². The van der Waals surface area contributed by atoms with Gasteiger partial charge in [-0.1, -0.05) is 0 Å². The molecule has 3 amide bonds. The average molecular weight is 460 g/mol. The second kappa shape index (κ2) is 7.81. The van der Waals surface area contributed by atoms with Gasteiger partial charge in [0.25, 0.3) is 17.5 Å². The molecule has 0 unspecified atom stereocenters. The van der Waals surface area contributed by atoms with E-state index in [1.807, 2.05) is 0 Å². The maximum atomic E-state index is 13.2. The molecule has 1 N–H and O–H groups in total. The summed E-state index contributed by atoms with van der Waals surface area (Å²) >= 11 is 0. The smallest absolute Gasteiger partial charge is 0.323 e. The lowest BCUT2D eigenvalue weighted by Gasteiger charge is -2.17. The van der Waals surface area contributed by atoms with Crippen molar-refractivity contribution >= 4 is 29.1 Å². The largest absolute Gasteiger partial charge is 0.416 e. The summed E-state index contributed by atoms with van der Waals surface area (Å²) in [7, 11) is 0. The van der Waals surface area contributed by atoms with Crippen LogP contribution in [-0.4, -0.2) is 48.9 Å². The summed E-state index contributed by atoms with van der Waals surface area (Å²) in [6, 6.07) is 5.61. The van der Waals surface area contributed by atoms with Gasteiger partial charge in [-0.3, -0.25) is 29.4 Å². The maximum Gasteiger partial charge on any atom is 0.416 e. The number of benzene rings is 2. The van der Waals surface area contributed by atoms with Crippen LogP contribution in [0.5, 0.6) is 0 Å². The number of nitro groups is 1. The Bertz CT molecular complexity index is 1310. The predicted octanol–water partition coefficient (Wildman–Crippen LogP) is 2.43. The van der Waals surface area contributed by atoms with E-state index in [1.165, 1.54) is 6.33 Å². The minimum Gasteiger partial charge on any atom is -0.323 e. The third-order valence-corrected chi connectivity index (χ3v) is 4.73. The van der Waals surface area contributed by atoms with E-state index in [0.29, 0.717) is 11.0 Å². The zero-order valence-corrected chi connectivity index (χ0v) is 16.2. The molecule has 1 aromatic heterocycles. The van der Waals surface area contributed by atoms with Crippen molar-refractivity contribution in [1.29, 1.82) is 0 Å². The van der Waals surface area contributed by atoms with Crippen LogP contribution in [0.3, 0.4) is 0 Å². The fourth-order valence-electron chi connectivity index (χ4n) is 3.21. The number of hydrogen-bond donors (Lipinski definition) is 1. The number of anilines is 1. The van der Waals surface area contributed by atoms with Crippen LogP contribution in [0.2, 0.25) is 0 Å². The molecule has 0 saturated heterocycles. The Morgan fingerprint density at radius 2 is 1.82 bits per heavy atom. The summed E-state index contributed by atoms with van der Waals surface area (Å²) < 4.78 is 40.6. The van der Waals surface area contributed by atoms with E-state index in [0.717, 1.165) is 41.3 Å². The zero-order valence-electron chi connectivity index (χ0n) is 16.2. The quantitative estimate of drug-likeness (QED) is 0.350. The number of alkyl halides is 3. The molecule has 14 heteroatoms. The molecule has 0 fully saturated rings.